The van der Waals surface area contributed by atoms with Gasteiger partial charge >= 0.3 is 0 Å². The van der Waals surface area contributed by atoms with Gasteiger partial charge < -0.3 is 9.67 Å². The molecule has 0 atom stereocenters. The number of hydrogen-bond donors (Lipinski definition) is 1. The SMILES string of the molecule is OCc1c(-c2ccc(Cl)cc2)c(-c2ccc(Cl)cc2)c2n1CCC2. The van der Waals surface area contributed by atoms with E-state index in [0.29, 0.717) is 5.02 Å². The lowest BCUT2D eigenvalue weighted by atomic mass is 9.94. The van der Waals surface area contributed by atoms with Gasteiger partial charge in [-0.05, 0) is 48.2 Å². The van der Waals surface area contributed by atoms with Gasteiger partial charge in [-0.3, -0.25) is 0 Å². The molecule has 2 heterocycles. The predicted molar refractivity (Wildman–Crippen MR) is 99.6 cm³/mol. The van der Waals surface area contributed by atoms with Crippen molar-refractivity contribution in [2.75, 3.05) is 0 Å². The third kappa shape index (κ3) is 2.55. The largest absolute Gasteiger partial charge is 0.390 e. The van der Waals surface area contributed by atoms with Gasteiger partial charge in [0.05, 0.1) is 12.3 Å². The maximum absolute atomic E-state index is 10.0. The minimum absolute atomic E-state index is 0.0263. The zero-order chi connectivity index (χ0) is 16.7. The number of aliphatic hydroxyl groups excluding tert-OH is 1. The van der Waals surface area contributed by atoms with E-state index < -0.39 is 0 Å². The fourth-order valence-corrected chi connectivity index (χ4v) is 3.93. The molecule has 1 aliphatic heterocycles. The number of rotatable bonds is 3. The van der Waals surface area contributed by atoms with Gasteiger partial charge in [0.1, 0.15) is 0 Å². The first-order chi connectivity index (χ1) is 11.7. The van der Waals surface area contributed by atoms with Crippen LogP contribution >= 0.6 is 23.2 Å². The molecular weight excluding hydrogens is 341 g/mol. The third-order valence-electron chi connectivity index (χ3n) is 4.69. The van der Waals surface area contributed by atoms with Gasteiger partial charge in [0.15, 0.2) is 0 Å². The molecule has 0 spiro atoms. The molecule has 122 valence electrons. The smallest absolute Gasteiger partial charge is 0.0839 e. The summed E-state index contributed by atoms with van der Waals surface area (Å²) in [6.07, 6.45) is 2.14. The first-order valence-corrected chi connectivity index (χ1v) is 8.81. The van der Waals surface area contributed by atoms with Crippen LogP contribution in [0.1, 0.15) is 17.8 Å². The highest BCUT2D eigenvalue weighted by Crippen LogP contribution is 2.43. The maximum Gasteiger partial charge on any atom is 0.0839 e. The molecule has 1 aliphatic rings. The molecule has 2 nitrogen and oxygen atoms in total. The van der Waals surface area contributed by atoms with Crippen LogP contribution in [0.15, 0.2) is 48.5 Å². The number of aromatic nitrogens is 1. The third-order valence-corrected chi connectivity index (χ3v) is 5.19. The second kappa shape index (κ2) is 6.29. The van der Waals surface area contributed by atoms with E-state index in [1.54, 1.807) is 0 Å². The van der Waals surface area contributed by atoms with Crippen LogP contribution in [0.4, 0.5) is 0 Å². The van der Waals surface area contributed by atoms with Gasteiger partial charge in [-0.1, -0.05) is 47.5 Å². The summed E-state index contributed by atoms with van der Waals surface area (Å²) in [6.45, 7) is 0.984. The molecule has 4 rings (SSSR count). The standard InChI is InChI=1S/C20H17Cl2NO/c21-15-7-3-13(4-8-15)19-17-2-1-11-23(17)18(12-24)20(19)14-5-9-16(22)10-6-14/h3-10,24H,1-2,11-12H2. The van der Waals surface area contributed by atoms with Crippen LogP contribution in [0, 0.1) is 0 Å². The Morgan fingerprint density at radius 3 is 1.92 bits per heavy atom. The number of nitrogens with zero attached hydrogens (tertiary/aromatic N) is 1. The van der Waals surface area contributed by atoms with Crippen molar-refractivity contribution < 1.29 is 5.11 Å². The number of halogens is 2. The first-order valence-electron chi connectivity index (χ1n) is 8.06. The Morgan fingerprint density at radius 2 is 1.38 bits per heavy atom. The van der Waals surface area contributed by atoms with Crippen molar-refractivity contribution in [2.24, 2.45) is 0 Å². The average Bonchev–Trinajstić information content (AvgIpc) is 3.16. The van der Waals surface area contributed by atoms with Gasteiger partial charge in [-0.2, -0.15) is 0 Å². The van der Waals surface area contributed by atoms with E-state index in [1.165, 1.54) is 11.3 Å². The highest BCUT2D eigenvalue weighted by molar-refractivity contribution is 6.31. The summed E-state index contributed by atoms with van der Waals surface area (Å²) >= 11 is 12.1. The van der Waals surface area contributed by atoms with Crippen LogP contribution in [-0.2, 0) is 19.6 Å². The van der Waals surface area contributed by atoms with Crippen LogP contribution in [0.5, 0.6) is 0 Å². The van der Waals surface area contributed by atoms with Crippen LogP contribution in [0.25, 0.3) is 22.3 Å². The summed E-state index contributed by atoms with van der Waals surface area (Å²) in [5, 5.41) is 11.5. The van der Waals surface area contributed by atoms with E-state index in [9.17, 15) is 5.11 Å². The van der Waals surface area contributed by atoms with Crippen molar-refractivity contribution in [2.45, 2.75) is 26.0 Å². The summed E-state index contributed by atoms with van der Waals surface area (Å²) in [5.41, 5.74) is 6.80. The summed E-state index contributed by atoms with van der Waals surface area (Å²) in [4.78, 5) is 0. The number of fused-ring (bicyclic) bond motifs is 1. The molecule has 4 heteroatoms. The fraction of sp³-hybridized carbons (Fsp3) is 0.200. The number of hydrogen-bond acceptors (Lipinski definition) is 1. The van der Waals surface area contributed by atoms with E-state index in [0.717, 1.165) is 46.8 Å². The fourth-order valence-electron chi connectivity index (χ4n) is 3.68. The maximum atomic E-state index is 10.0. The Kier molecular flexibility index (Phi) is 4.13. The summed E-state index contributed by atoms with van der Waals surface area (Å²) in [5.74, 6) is 0. The second-order valence-corrected chi connectivity index (χ2v) is 6.94. The van der Waals surface area contributed by atoms with E-state index >= 15 is 0 Å². The first kappa shape index (κ1) is 15.8. The normalized spacial score (nSPS) is 13.3. The molecule has 0 radical (unpaired) electrons. The van der Waals surface area contributed by atoms with E-state index in [4.69, 9.17) is 23.2 Å². The molecule has 0 unspecified atom stereocenters. The lowest BCUT2D eigenvalue weighted by Gasteiger charge is -2.10. The van der Waals surface area contributed by atoms with Crippen molar-refractivity contribution >= 4 is 23.2 Å². The predicted octanol–water partition coefficient (Wildman–Crippen LogP) is 5.57. The van der Waals surface area contributed by atoms with Crippen molar-refractivity contribution in [3.63, 3.8) is 0 Å². The highest BCUT2D eigenvalue weighted by Gasteiger charge is 2.26. The Bertz CT molecular complexity index is 833. The van der Waals surface area contributed by atoms with Crippen LogP contribution in [-0.4, -0.2) is 9.67 Å². The molecule has 1 N–H and O–H groups in total. The number of aliphatic hydroxyl groups is 1. The van der Waals surface area contributed by atoms with E-state index in [-0.39, 0.29) is 6.61 Å². The Balaban J connectivity index is 2.00. The van der Waals surface area contributed by atoms with Gasteiger partial charge in [0.2, 0.25) is 0 Å². The molecule has 0 aliphatic carbocycles. The number of benzene rings is 2. The molecule has 0 amide bonds. The molecule has 0 saturated heterocycles. The van der Waals surface area contributed by atoms with Gasteiger partial charge in [0.25, 0.3) is 0 Å². The average molecular weight is 358 g/mol. The molecule has 3 aromatic rings. The van der Waals surface area contributed by atoms with Gasteiger partial charge in [-0.15, -0.1) is 0 Å². The Labute approximate surface area is 151 Å². The van der Waals surface area contributed by atoms with Crippen molar-refractivity contribution in [1.29, 1.82) is 0 Å². The molecule has 24 heavy (non-hydrogen) atoms. The minimum Gasteiger partial charge on any atom is -0.390 e. The summed E-state index contributed by atoms with van der Waals surface area (Å²) < 4.78 is 2.27. The molecule has 0 bridgehead atoms. The molecule has 0 saturated carbocycles. The lowest BCUT2D eigenvalue weighted by Crippen LogP contribution is -2.00. The zero-order valence-electron chi connectivity index (χ0n) is 13.1. The van der Waals surface area contributed by atoms with Crippen LogP contribution in [0.2, 0.25) is 10.0 Å². The minimum atomic E-state index is 0.0263. The van der Waals surface area contributed by atoms with Gasteiger partial charge in [-0.25, -0.2) is 0 Å². The summed E-state index contributed by atoms with van der Waals surface area (Å²) in [7, 11) is 0. The molecule has 0 fully saturated rings. The second-order valence-electron chi connectivity index (χ2n) is 6.07. The van der Waals surface area contributed by atoms with E-state index in [1.807, 2.05) is 36.4 Å². The zero-order valence-corrected chi connectivity index (χ0v) is 14.6. The monoisotopic (exact) mass is 357 g/mol. The topological polar surface area (TPSA) is 25.2 Å². The van der Waals surface area contributed by atoms with Gasteiger partial charge in [0, 0.05) is 33.4 Å². The molecule has 2 aromatic carbocycles. The quantitative estimate of drug-likeness (QED) is 0.651. The molecular formula is C20H17Cl2NO. The summed E-state index contributed by atoms with van der Waals surface area (Å²) in [6, 6.07) is 15.8. The lowest BCUT2D eigenvalue weighted by molar-refractivity contribution is 0.272. The van der Waals surface area contributed by atoms with Crippen LogP contribution in [0.3, 0.4) is 0 Å². The van der Waals surface area contributed by atoms with Crippen molar-refractivity contribution in [3.8, 4) is 22.3 Å². The Morgan fingerprint density at radius 1 is 0.833 bits per heavy atom. The van der Waals surface area contributed by atoms with Crippen molar-refractivity contribution in [3.05, 3.63) is 70.0 Å². The highest BCUT2D eigenvalue weighted by atomic mass is 35.5. The van der Waals surface area contributed by atoms with E-state index in [2.05, 4.69) is 16.7 Å². The van der Waals surface area contributed by atoms with Crippen molar-refractivity contribution in [1.82, 2.24) is 4.57 Å². The molecule has 1 aromatic heterocycles. The Hall–Kier alpha value is -1.74. The van der Waals surface area contributed by atoms with Crippen LogP contribution < -0.4 is 0 Å².